The van der Waals surface area contributed by atoms with E-state index in [9.17, 15) is 9.59 Å². The van der Waals surface area contributed by atoms with Crippen molar-refractivity contribution in [2.75, 3.05) is 7.11 Å². The first-order chi connectivity index (χ1) is 17.6. The van der Waals surface area contributed by atoms with E-state index in [4.69, 9.17) is 22.8 Å². The monoisotopic (exact) mass is 594 g/mol. The summed E-state index contributed by atoms with van der Waals surface area (Å²) < 4.78 is 33.1. The van der Waals surface area contributed by atoms with Crippen LogP contribution in [0.2, 0.25) is 58.9 Å². The zero-order chi connectivity index (χ0) is 29.2. The van der Waals surface area contributed by atoms with Gasteiger partial charge in [0.25, 0.3) is 0 Å². The fraction of sp³-hybridized carbons (Fsp3) is 0.862. The Morgan fingerprint density at radius 2 is 1.59 bits per heavy atom. The Morgan fingerprint density at radius 3 is 2.13 bits per heavy atom. The van der Waals surface area contributed by atoms with Gasteiger partial charge in [0.2, 0.25) is 0 Å². The van der Waals surface area contributed by atoms with Crippen LogP contribution in [0.5, 0.6) is 0 Å². The largest absolute Gasteiger partial charge is 0.469 e. The lowest BCUT2D eigenvalue weighted by atomic mass is 9.59. The highest BCUT2D eigenvalue weighted by Crippen LogP contribution is 2.79. The highest BCUT2D eigenvalue weighted by Gasteiger charge is 2.86. The van der Waals surface area contributed by atoms with Crippen LogP contribution in [-0.2, 0) is 32.3 Å². The van der Waals surface area contributed by atoms with E-state index in [1.54, 1.807) is 0 Å². The van der Waals surface area contributed by atoms with Crippen molar-refractivity contribution in [3.8, 4) is 0 Å². The van der Waals surface area contributed by atoms with Gasteiger partial charge >= 0.3 is 11.9 Å². The van der Waals surface area contributed by atoms with Crippen LogP contribution in [-0.4, -0.2) is 67.4 Å². The molecule has 10 heteroatoms. The molecule has 4 saturated carbocycles. The Balaban J connectivity index is 1.73. The first-order valence-corrected chi connectivity index (χ1v) is 24.9. The van der Waals surface area contributed by atoms with E-state index in [0.29, 0.717) is 25.7 Å². The SMILES string of the molecule is C=C1C[C@]23C[C@@]1(O[Si](C)(C)C)C[C@H](O[Si](C)(C)C)[C@H]2[C@@]12CC[C@H](O[Si](C)(C)C)C(C)(C(=O)O1)[C@H]2[C@@H]3C(=O)OC. The number of rotatable bonds is 7. The van der Waals surface area contributed by atoms with Crippen molar-refractivity contribution in [3.05, 3.63) is 12.2 Å². The van der Waals surface area contributed by atoms with Crippen LogP contribution in [0.4, 0.5) is 0 Å². The van der Waals surface area contributed by atoms with E-state index in [1.807, 2.05) is 6.92 Å². The maximum Gasteiger partial charge on any atom is 0.315 e. The second kappa shape index (κ2) is 8.63. The molecule has 1 unspecified atom stereocenters. The topological polar surface area (TPSA) is 80.3 Å². The third-order valence-electron chi connectivity index (χ3n) is 10.1. The number of carbonyl (C=O) groups excluding carboxylic acids is 2. The smallest absolute Gasteiger partial charge is 0.315 e. The Bertz CT molecular complexity index is 1090. The number of esters is 2. The molecule has 9 atom stereocenters. The van der Waals surface area contributed by atoms with Gasteiger partial charge in [-0.1, -0.05) is 6.58 Å². The third kappa shape index (κ3) is 4.25. The van der Waals surface area contributed by atoms with Crippen molar-refractivity contribution in [2.45, 2.75) is 121 Å². The Kier molecular flexibility index (Phi) is 6.57. The van der Waals surface area contributed by atoms with E-state index in [-0.39, 0.29) is 36.0 Å². The van der Waals surface area contributed by atoms with Crippen LogP contribution in [0, 0.1) is 28.6 Å². The third-order valence-corrected chi connectivity index (χ3v) is 13.1. The molecule has 4 aliphatic carbocycles. The van der Waals surface area contributed by atoms with Crippen molar-refractivity contribution in [1.82, 2.24) is 0 Å². The zero-order valence-corrected chi connectivity index (χ0v) is 29.0. The summed E-state index contributed by atoms with van der Waals surface area (Å²) in [6.45, 7) is 26.4. The van der Waals surface area contributed by atoms with E-state index >= 15 is 0 Å². The average Bonchev–Trinajstić information content (AvgIpc) is 3.17. The van der Waals surface area contributed by atoms with Gasteiger partial charge in [-0.2, -0.15) is 0 Å². The summed E-state index contributed by atoms with van der Waals surface area (Å²) >= 11 is 0. The van der Waals surface area contributed by atoms with Crippen molar-refractivity contribution in [3.63, 3.8) is 0 Å². The van der Waals surface area contributed by atoms with Crippen LogP contribution in [0.25, 0.3) is 0 Å². The number of ether oxygens (including phenoxy) is 2. The molecule has 0 aromatic heterocycles. The molecular formula is C29H50O7Si3. The van der Waals surface area contributed by atoms with E-state index in [2.05, 4.69) is 65.5 Å². The molecule has 5 fully saturated rings. The van der Waals surface area contributed by atoms with Crippen LogP contribution in [0.1, 0.15) is 39.0 Å². The van der Waals surface area contributed by atoms with E-state index < -0.39 is 52.9 Å². The normalized spacial score (nSPS) is 45.2. The fourth-order valence-corrected chi connectivity index (χ4v) is 13.5. The van der Waals surface area contributed by atoms with Gasteiger partial charge in [0.05, 0.1) is 36.3 Å². The minimum atomic E-state index is -2.03. The predicted octanol–water partition coefficient (Wildman–Crippen LogP) is 5.89. The molecule has 1 aliphatic heterocycles. The maximum atomic E-state index is 14.0. The summed E-state index contributed by atoms with van der Waals surface area (Å²) in [7, 11) is -4.54. The summed E-state index contributed by atoms with van der Waals surface area (Å²) in [4.78, 5) is 28.1. The van der Waals surface area contributed by atoms with Crippen molar-refractivity contribution < 1.29 is 32.3 Å². The number of hydrogen-bond acceptors (Lipinski definition) is 7. The first-order valence-electron chi connectivity index (χ1n) is 14.7. The summed E-state index contributed by atoms with van der Waals surface area (Å²) in [5.41, 5.74) is -1.71. The van der Waals surface area contributed by atoms with Crippen molar-refractivity contribution in [2.24, 2.45) is 28.6 Å². The second-order valence-corrected chi connectivity index (χ2v) is 29.6. The van der Waals surface area contributed by atoms with E-state index in [0.717, 1.165) is 12.0 Å². The van der Waals surface area contributed by atoms with Gasteiger partial charge in [-0.05, 0) is 103 Å². The molecule has 0 N–H and O–H groups in total. The number of methoxy groups -OCH3 is 1. The average molecular weight is 595 g/mol. The van der Waals surface area contributed by atoms with Crippen LogP contribution in [0.15, 0.2) is 12.2 Å². The number of hydrogen-bond donors (Lipinski definition) is 0. The zero-order valence-electron chi connectivity index (χ0n) is 26.0. The molecule has 39 heavy (non-hydrogen) atoms. The molecule has 5 rings (SSSR count). The lowest BCUT2D eigenvalue weighted by Crippen LogP contribution is -2.59. The molecule has 0 radical (unpaired) electrons. The molecular weight excluding hydrogens is 545 g/mol. The van der Waals surface area contributed by atoms with Gasteiger partial charge in [0, 0.05) is 18.3 Å². The molecule has 0 aromatic rings. The molecule has 1 heterocycles. The molecule has 5 aliphatic rings. The second-order valence-electron chi connectivity index (χ2n) is 16.2. The van der Waals surface area contributed by atoms with Gasteiger partial charge in [-0.25, -0.2) is 0 Å². The Labute approximate surface area is 238 Å². The lowest BCUT2D eigenvalue weighted by molar-refractivity contribution is -0.173. The molecule has 1 spiro atoms. The molecule has 7 nitrogen and oxygen atoms in total. The van der Waals surface area contributed by atoms with Crippen molar-refractivity contribution >= 4 is 36.9 Å². The standard InChI is InChI=1S/C29H50O7Si3/c1-18-15-27-17-28(18,36-39(10,11)12)16-19(34-37(4,5)6)22(27)29-14-13-20(35-38(7,8)9)26(2,25(31)33-29)23(29)21(27)24(30)32-3/h19-23H,1,13-17H2,2-12H3/t19-,20-,21+,22+,23+,26?,27+,28-,29+/m0/s1. The van der Waals surface area contributed by atoms with Gasteiger partial charge in [-0.15, -0.1) is 0 Å². The Morgan fingerprint density at radius 1 is 0.974 bits per heavy atom. The number of carbonyl (C=O) groups is 2. The van der Waals surface area contributed by atoms with Crippen molar-refractivity contribution in [1.29, 1.82) is 0 Å². The predicted molar refractivity (Wildman–Crippen MR) is 158 cm³/mol. The highest BCUT2D eigenvalue weighted by molar-refractivity contribution is 6.70. The summed E-state index contributed by atoms with van der Waals surface area (Å²) in [6.07, 6.45) is 2.99. The highest BCUT2D eigenvalue weighted by atomic mass is 28.4. The van der Waals surface area contributed by atoms with Gasteiger partial charge in [0.15, 0.2) is 25.0 Å². The molecule has 0 aromatic carbocycles. The molecule has 1 saturated heterocycles. The van der Waals surface area contributed by atoms with Crippen LogP contribution in [0.3, 0.4) is 0 Å². The molecule has 4 bridgehead atoms. The molecule has 0 amide bonds. The molecule has 220 valence electrons. The summed E-state index contributed by atoms with van der Waals surface area (Å²) in [6, 6.07) is 0. The summed E-state index contributed by atoms with van der Waals surface area (Å²) in [5.74, 6) is -1.46. The van der Waals surface area contributed by atoms with Gasteiger partial charge < -0.3 is 22.8 Å². The first kappa shape index (κ1) is 29.7. The minimum absolute atomic E-state index is 0.123. The minimum Gasteiger partial charge on any atom is -0.469 e. The Hall–Kier alpha value is -0.789. The fourth-order valence-electron chi connectivity index (χ4n) is 9.70. The van der Waals surface area contributed by atoms with Crippen LogP contribution >= 0.6 is 0 Å². The van der Waals surface area contributed by atoms with E-state index in [1.165, 1.54) is 7.11 Å². The maximum absolute atomic E-state index is 14.0. The quantitative estimate of drug-likeness (QED) is 0.207. The van der Waals surface area contributed by atoms with Gasteiger partial charge in [-0.3, -0.25) is 9.59 Å². The summed E-state index contributed by atoms with van der Waals surface area (Å²) in [5, 5.41) is 0. The van der Waals surface area contributed by atoms with Gasteiger partial charge in [0.1, 0.15) is 5.60 Å². The van der Waals surface area contributed by atoms with Crippen LogP contribution < -0.4 is 0 Å². The number of fused-ring (bicyclic) bond motifs is 1. The lowest BCUT2D eigenvalue weighted by Gasteiger charge is -2.53.